The molecule has 10 aromatic rings. The molecule has 12 nitrogen and oxygen atoms in total. The van der Waals surface area contributed by atoms with E-state index in [-0.39, 0.29) is 47.3 Å². The third-order valence-corrected chi connectivity index (χ3v) is 29.3. The molecule has 0 bridgehead atoms. The van der Waals surface area contributed by atoms with Crippen molar-refractivity contribution in [1.82, 2.24) is 19.6 Å². The minimum atomic E-state index is -0.182. The highest BCUT2D eigenvalue weighted by Gasteiger charge is 2.41. The van der Waals surface area contributed by atoms with Crippen molar-refractivity contribution in [3.8, 4) is 70.4 Å². The minimum Gasteiger partial charge on any atom is -0.274 e. The van der Waals surface area contributed by atoms with Gasteiger partial charge in [-0.3, -0.25) is 58.0 Å². The molecule has 0 spiro atoms. The molecule has 98 heavy (non-hydrogen) atoms. The summed E-state index contributed by atoms with van der Waals surface area (Å²) in [6.45, 7) is 10.6. The van der Waals surface area contributed by atoms with Gasteiger partial charge in [0.2, 0.25) is 0 Å². The Morgan fingerprint density at radius 3 is 0.786 bits per heavy atom. The first kappa shape index (κ1) is 69.3. The summed E-state index contributed by atoms with van der Waals surface area (Å²) in [6, 6.07) is 32.4. The van der Waals surface area contributed by atoms with Crippen molar-refractivity contribution >= 4 is 173 Å². The maximum absolute atomic E-state index is 13.0. The van der Waals surface area contributed by atoms with Crippen molar-refractivity contribution in [1.29, 1.82) is 0 Å². The number of hydrogen-bond acceptors (Lipinski definition) is 18. The average Bonchev–Trinajstić information content (AvgIpc) is 1.63. The topological polar surface area (TPSA) is 150 Å². The van der Waals surface area contributed by atoms with Gasteiger partial charge < -0.3 is 0 Å². The normalized spacial score (nSPS) is 14.1. The molecule has 22 heteroatoms. The van der Waals surface area contributed by atoms with Crippen LogP contribution in [0.3, 0.4) is 0 Å². The lowest BCUT2D eigenvalue weighted by Crippen LogP contribution is -2.30. The fourth-order valence-corrected chi connectivity index (χ4v) is 22.5. The zero-order valence-electron chi connectivity index (χ0n) is 54.7. The highest BCUT2D eigenvalue weighted by atomic mass is 32.1. The first-order valence-electron chi connectivity index (χ1n) is 33.5. The highest BCUT2D eigenvalue weighted by molar-refractivity contribution is 7.28. The molecule has 14 heterocycles. The summed E-state index contributed by atoms with van der Waals surface area (Å²) in [4.78, 5) is 128. The van der Waals surface area contributed by atoms with E-state index in [9.17, 15) is 38.4 Å². The molecule has 4 aliphatic rings. The number of carbonyl (C=O) groups is 8. The summed E-state index contributed by atoms with van der Waals surface area (Å²) in [7, 11) is 0. The van der Waals surface area contributed by atoms with Crippen LogP contribution in [0.2, 0.25) is 0 Å². The van der Waals surface area contributed by atoms with Crippen LogP contribution in [0.4, 0.5) is 0 Å². The van der Waals surface area contributed by atoms with E-state index in [0.29, 0.717) is 67.9 Å². The lowest BCUT2D eigenvalue weighted by atomic mass is 10.2. The minimum absolute atomic E-state index is 0.148. The molecule has 0 N–H and O–H groups in total. The van der Waals surface area contributed by atoms with Gasteiger partial charge in [0.05, 0.1) is 32.0 Å². The smallest absolute Gasteiger partial charge is 0.271 e. The van der Waals surface area contributed by atoms with Crippen molar-refractivity contribution in [2.45, 2.75) is 130 Å². The summed E-state index contributed by atoms with van der Waals surface area (Å²) in [5, 5.41) is 0. The number of amides is 8. The molecule has 0 aromatic carbocycles. The first-order chi connectivity index (χ1) is 47.7. The van der Waals surface area contributed by atoms with Crippen LogP contribution < -0.4 is 0 Å². The van der Waals surface area contributed by atoms with Gasteiger partial charge >= 0.3 is 0 Å². The van der Waals surface area contributed by atoms with Crippen LogP contribution in [0.5, 0.6) is 0 Å². The molecular formula is C76H70N4O8S10. The number of hydrogen-bond donors (Lipinski definition) is 0. The van der Waals surface area contributed by atoms with E-state index in [1.54, 1.807) is 45.3 Å². The Morgan fingerprint density at radius 2 is 0.510 bits per heavy atom. The predicted octanol–water partition coefficient (Wildman–Crippen LogP) is 22.3. The quantitative estimate of drug-likeness (QED) is 0.0267. The lowest BCUT2D eigenvalue weighted by Gasteiger charge is -2.13. The average molecular weight is 1490 g/mol. The summed E-state index contributed by atoms with van der Waals surface area (Å²) in [5.74, 6) is 5.16. The number of fused-ring (bicyclic) bond motifs is 4. The van der Waals surface area contributed by atoms with Gasteiger partial charge in [-0.15, -0.1) is 113 Å². The van der Waals surface area contributed by atoms with Gasteiger partial charge in [0.15, 0.2) is 0 Å². The fraction of sp³-hybridized carbons (Fsp3) is 0.316. The number of nitrogens with zero attached hydrogens (tertiary/aromatic N) is 4. The molecule has 0 saturated heterocycles. The maximum Gasteiger partial charge on any atom is 0.271 e. The predicted molar refractivity (Wildman–Crippen MR) is 410 cm³/mol. The van der Waals surface area contributed by atoms with E-state index in [4.69, 9.17) is 0 Å². The third-order valence-electron chi connectivity index (χ3n) is 17.4. The molecule has 10 aromatic heterocycles. The van der Waals surface area contributed by atoms with E-state index >= 15 is 0 Å². The zero-order chi connectivity index (χ0) is 68.1. The van der Waals surface area contributed by atoms with E-state index in [1.807, 2.05) is 48.5 Å². The maximum atomic E-state index is 13.0. The molecule has 0 radical (unpaired) electrons. The molecule has 4 aliphatic heterocycles. The number of unbranched alkanes of at least 4 members (excludes halogenated alkanes) is 12. The Morgan fingerprint density at radius 1 is 0.265 bits per heavy atom. The largest absolute Gasteiger partial charge is 0.274 e. The van der Waals surface area contributed by atoms with Crippen molar-refractivity contribution in [3.63, 3.8) is 0 Å². The molecule has 8 amide bonds. The van der Waals surface area contributed by atoms with Crippen LogP contribution in [-0.2, 0) is 0 Å². The standard InChI is InChI=1S/C42H38N2O4S6.C34H32N2O4S4/c1-3-5-7-9-21-43-39(45)27-23-35(53-37(27)41(43)47)33-19-17-31(51-33)29-15-13-25(49-29)11-12-26-14-16-30(50-26)32-18-20-34(52-32)36-24-28-38(54-36)42(48)44(40(28)46)22-10-8-6-4-2;1-3-5-7-9-17-35-31(37)23-19-27(43-29(23)33(35)39)25-15-13-21(41-25)11-12-22-14-16-26(42-22)28-20-24-30(44-28)34(40)36(32(24)38)18-10-8-6-4-2/h11-20,23-24H,3-10,21-22H2,1-2H3;13-16,19-20H,3-10,17-18H2,1-2H3/b12-11+;. The van der Waals surface area contributed by atoms with E-state index in [2.05, 4.69) is 100 Å². The molecule has 0 saturated carbocycles. The summed E-state index contributed by atoms with van der Waals surface area (Å²) >= 11 is 15.6. The van der Waals surface area contributed by atoms with Gasteiger partial charge in [-0.25, -0.2) is 0 Å². The summed E-state index contributed by atoms with van der Waals surface area (Å²) in [5.41, 5.74) is 2.12. The van der Waals surface area contributed by atoms with Crippen LogP contribution in [0.25, 0.3) is 70.7 Å². The Bertz CT molecular complexity index is 4370. The summed E-state index contributed by atoms with van der Waals surface area (Å²) in [6.07, 6.45) is 20.7. The van der Waals surface area contributed by atoms with Gasteiger partial charge in [-0.05, 0) is 147 Å². The van der Waals surface area contributed by atoms with Gasteiger partial charge in [-0.2, -0.15) is 0 Å². The second kappa shape index (κ2) is 31.2. The highest BCUT2D eigenvalue weighted by Crippen LogP contribution is 2.47. The van der Waals surface area contributed by atoms with Gasteiger partial charge in [0.25, 0.3) is 47.3 Å². The first-order valence-corrected chi connectivity index (χ1v) is 41.7. The van der Waals surface area contributed by atoms with E-state index < -0.39 is 0 Å². The molecule has 0 atom stereocenters. The fourth-order valence-electron chi connectivity index (χ4n) is 12.1. The molecule has 14 rings (SSSR count). The SMILES string of the molecule is CCCCCCN1C(=O)c2cc(-c3ccc(-c4ccc(/C=C/c5ccc(-c6ccc(-c7cc8c(s7)C(=O)N(CCCCCC)C8=O)s6)s5)s4)s3)sc2C1=O.CCCCCCN1C(=O)c2cc(-c3ccc(C#Cc4ccc(-c5cc6c(s5)C(=O)N(CCCCCC)C6=O)s4)s3)sc2C1=O. The second-order valence-electron chi connectivity index (χ2n) is 24.3. The number of rotatable bonds is 28. The Kier molecular flexibility index (Phi) is 22.1. The Balaban J connectivity index is 0.000000180. The van der Waals surface area contributed by atoms with Gasteiger partial charge in [0, 0.05) is 94.5 Å². The van der Waals surface area contributed by atoms with E-state index in [0.717, 1.165) is 171 Å². The molecular weight excluding hydrogens is 1420 g/mol. The van der Waals surface area contributed by atoms with Crippen molar-refractivity contribution < 1.29 is 38.4 Å². The van der Waals surface area contributed by atoms with Crippen LogP contribution >= 0.6 is 113 Å². The lowest BCUT2D eigenvalue weighted by molar-refractivity contribution is 0.0637. The van der Waals surface area contributed by atoms with Crippen LogP contribution in [-0.4, -0.2) is 93.0 Å². The second-order valence-corrected chi connectivity index (χ2v) is 35.1. The van der Waals surface area contributed by atoms with Crippen LogP contribution in [0, 0.1) is 11.8 Å². The van der Waals surface area contributed by atoms with Crippen molar-refractivity contribution in [2.24, 2.45) is 0 Å². The molecule has 502 valence electrons. The zero-order valence-corrected chi connectivity index (χ0v) is 62.8. The Labute approximate surface area is 610 Å². The number of carbonyl (C=O) groups excluding carboxylic acids is 8. The van der Waals surface area contributed by atoms with E-state index in [1.165, 1.54) is 97.4 Å². The molecule has 0 fully saturated rings. The molecule has 0 aliphatic carbocycles. The van der Waals surface area contributed by atoms with Gasteiger partial charge in [-0.1, -0.05) is 105 Å². The van der Waals surface area contributed by atoms with Crippen LogP contribution in [0.1, 0.15) is 230 Å². The molecule has 0 unspecified atom stereocenters. The van der Waals surface area contributed by atoms with Crippen LogP contribution in [0.15, 0.2) is 97.1 Å². The monoisotopic (exact) mass is 1490 g/mol. The summed E-state index contributed by atoms with van der Waals surface area (Å²) < 4.78 is 0. The number of thiophene rings is 10. The number of imide groups is 4. The third kappa shape index (κ3) is 14.6. The van der Waals surface area contributed by atoms with Crippen molar-refractivity contribution in [2.75, 3.05) is 26.2 Å². The van der Waals surface area contributed by atoms with Gasteiger partial charge in [0.1, 0.15) is 19.5 Å². The van der Waals surface area contributed by atoms with Crippen molar-refractivity contribution in [3.05, 3.63) is 158 Å². The Hall–Kier alpha value is -7.14.